The highest BCUT2D eigenvalue weighted by atomic mass is 32.1. The van der Waals surface area contributed by atoms with Gasteiger partial charge in [-0.3, -0.25) is 0 Å². The Hall–Kier alpha value is -2.14. The van der Waals surface area contributed by atoms with Crippen LogP contribution in [-0.2, 0) is 0 Å². The Labute approximate surface area is 117 Å². The summed E-state index contributed by atoms with van der Waals surface area (Å²) in [6, 6.07) is 11.3. The zero-order valence-corrected chi connectivity index (χ0v) is 11.6. The van der Waals surface area contributed by atoms with E-state index in [1.54, 1.807) is 18.3 Å². The number of rotatable bonds is 4. The van der Waals surface area contributed by atoms with Crippen LogP contribution < -0.4 is 15.4 Å². The first-order valence-corrected chi connectivity index (χ1v) is 6.19. The van der Waals surface area contributed by atoms with Crippen molar-refractivity contribution in [1.82, 2.24) is 4.98 Å². The predicted octanol–water partition coefficient (Wildman–Crippen LogP) is 2.57. The van der Waals surface area contributed by atoms with Gasteiger partial charge in [-0.25, -0.2) is 4.98 Å². The third-order valence-corrected chi connectivity index (χ3v) is 2.76. The fraction of sp³-hybridized carbons (Fsp3) is 0.143. The van der Waals surface area contributed by atoms with Gasteiger partial charge in [0.1, 0.15) is 16.4 Å². The molecule has 0 unspecified atom stereocenters. The van der Waals surface area contributed by atoms with Crippen LogP contribution in [-0.4, -0.2) is 24.1 Å². The van der Waals surface area contributed by atoms with Gasteiger partial charge in [0, 0.05) is 32.0 Å². The minimum atomic E-state index is 0.222. The van der Waals surface area contributed by atoms with E-state index in [0.29, 0.717) is 11.4 Å². The highest BCUT2D eigenvalue weighted by Gasteiger charge is 2.08. The van der Waals surface area contributed by atoms with Gasteiger partial charge >= 0.3 is 0 Å². The van der Waals surface area contributed by atoms with Gasteiger partial charge in [-0.2, -0.15) is 0 Å². The molecule has 2 N–H and O–H groups in total. The third-order valence-electron chi connectivity index (χ3n) is 2.57. The quantitative estimate of drug-likeness (QED) is 0.868. The Morgan fingerprint density at radius 3 is 2.74 bits per heavy atom. The lowest BCUT2D eigenvalue weighted by atomic mass is 10.2. The summed E-state index contributed by atoms with van der Waals surface area (Å²) in [6.07, 6.45) is 1.64. The number of anilines is 1. The zero-order valence-electron chi connectivity index (χ0n) is 10.8. The van der Waals surface area contributed by atoms with Crippen molar-refractivity contribution in [1.29, 1.82) is 0 Å². The van der Waals surface area contributed by atoms with Crippen molar-refractivity contribution in [3.05, 3.63) is 48.3 Å². The number of nitrogens with two attached hydrogens (primary N) is 1. The van der Waals surface area contributed by atoms with Crippen LogP contribution in [0.25, 0.3) is 0 Å². The number of hydrogen-bond donors (Lipinski definition) is 1. The lowest BCUT2D eigenvalue weighted by Gasteiger charge is -2.14. The van der Waals surface area contributed by atoms with Crippen LogP contribution in [0.3, 0.4) is 0 Å². The summed E-state index contributed by atoms with van der Waals surface area (Å²) in [5.41, 5.74) is 7.17. The Morgan fingerprint density at radius 1 is 1.26 bits per heavy atom. The number of ether oxygens (including phenoxy) is 1. The van der Waals surface area contributed by atoms with Crippen LogP contribution in [0.15, 0.2) is 42.6 Å². The van der Waals surface area contributed by atoms with E-state index >= 15 is 0 Å². The van der Waals surface area contributed by atoms with Gasteiger partial charge in [-0.15, -0.1) is 0 Å². The third kappa shape index (κ3) is 3.20. The van der Waals surface area contributed by atoms with Crippen LogP contribution in [0.5, 0.6) is 11.5 Å². The van der Waals surface area contributed by atoms with Gasteiger partial charge < -0.3 is 15.4 Å². The largest absolute Gasteiger partial charge is 0.455 e. The van der Waals surface area contributed by atoms with Crippen molar-refractivity contribution in [3.8, 4) is 11.5 Å². The van der Waals surface area contributed by atoms with Crippen molar-refractivity contribution in [2.45, 2.75) is 0 Å². The normalized spacial score (nSPS) is 10.0. The summed E-state index contributed by atoms with van der Waals surface area (Å²) in [5, 5.41) is 0. The summed E-state index contributed by atoms with van der Waals surface area (Å²) in [7, 11) is 3.95. The average molecular weight is 273 g/mol. The molecule has 0 radical (unpaired) electrons. The van der Waals surface area contributed by atoms with Crippen molar-refractivity contribution in [2.24, 2.45) is 5.73 Å². The van der Waals surface area contributed by atoms with E-state index in [2.05, 4.69) is 4.98 Å². The van der Waals surface area contributed by atoms with E-state index in [0.717, 1.165) is 11.4 Å². The van der Waals surface area contributed by atoms with Crippen LogP contribution in [0, 0.1) is 0 Å². The molecule has 4 nitrogen and oxygen atoms in total. The van der Waals surface area contributed by atoms with Crippen molar-refractivity contribution in [3.63, 3.8) is 0 Å². The van der Waals surface area contributed by atoms with Gasteiger partial charge in [-0.05, 0) is 24.3 Å². The van der Waals surface area contributed by atoms with E-state index < -0.39 is 0 Å². The topological polar surface area (TPSA) is 51.4 Å². The number of hydrogen-bond acceptors (Lipinski definition) is 4. The Balaban J connectivity index is 2.31. The van der Waals surface area contributed by atoms with Crippen molar-refractivity contribution >= 4 is 22.9 Å². The number of nitrogens with zero attached hydrogens (tertiary/aromatic N) is 2. The maximum Gasteiger partial charge on any atom is 0.156 e. The molecule has 0 aliphatic rings. The van der Waals surface area contributed by atoms with Crippen molar-refractivity contribution in [2.75, 3.05) is 19.0 Å². The van der Waals surface area contributed by atoms with Gasteiger partial charge in [0.2, 0.25) is 0 Å². The lowest BCUT2D eigenvalue weighted by Crippen LogP contribution is -2.12. The van der Waals surface area contributed by atoms with Gasteiger partial charge in [0.05, 0.1) is 0 Å². The molecule has 2 rings (SSSR count). The van der Waals surface area contributed by atoms with Gasteiger partial charge in [0.15, 0.2) is 5.75 Å². The summed E-state index contributed by atoms with van der Waals surface area (Å²) >= 11 is 4.96. The molecule has 1 aromatic heterocycles. The summed E-state index contributed by atoms with van der Waals surface area (Å²) in [6.45, 7) is 0. The van der Waals surface area contributed by atoms with Gasteiger partial charge in [0.25, 0.3) is 0 Å². The molecule has 19 heavy (non-hydrogen) atoms. The number of benzene rings is 1. The minimum Gasteiger partial charge on any atom is -0.455 e. The molecule has 5 heteroatoms. The zero-order chi connectivity index (χ0) is 13.8. The summed E-state index contributed by atoms with van der Waals surface area (Å²) in [4.78, 5) is 6.36. The van der Waals surface area contributed by atoms with Gasteiger partial charge in [-0.1, -0.05) is 18.3 Å². The van der Waals surface area contributed by atoms with E-state index in [4.69, 9.17) is 22.7 Å². The molecule has 1 aromatic carbocycles. The molecule has 98 valence electrons. The molecular formula is C14H15N3OS. The van der Waals surface area contributed by atoms with Crippen LogP contribution >= 0.6 is 12.2 Å². The van der Waals surface area contributed by atoms with Crippen LogP contribution in [0.2, 0.25) is 0 Å². The maximum atomic E-state index is 5.80. The molecule has 0 aliphatic heterocycles. The highest BCUT2D eigenvalue weighted by molar-refractivity contribution is 7.80. The Morgan fingerprint density at radius 2 is 2.05 bits per heavy atom. The van der Waals surface area contributed by atoms with E-state index in [9.17, 15) is 0 Å². The second kappa shape index (κ2) is 5.67. The highest BCUT2D eigenvalue weighted by Crippen LogP contribution is 2.26. The standard InChI is InChI=1S/C14H15N3OS/c1-17(2)10-5-3-6-11(9-10)18-12-7-4-8-16-13(12)14(15)19/h3-9H,1-2H3,(H2,15,19). The van der Waals surface area contributed by atoms with Crippen molar-refractivity contribution < 1.29 is 4.74 Å². The molecule has 0 saturated carbocycles. The molecule has 0 fully saturated rings. The smallest absolute Gasteiger partial charge is 0.156 e. The Bertz CT molecular complexity index is 599. The molecule has 0 aliphatic carbocycles. The second-order valence-corrected chi connectivity index (χ2v) is 4.65. The maximum absolute atomic E-state index is 5.80. The van der Waals surface area contributed by atoms with E-state index in [1.807, 2.05) is 43.3 Å². The molecular weight excluding hydrogens is 258 g/mol. The summed E-state index contributed by atoms with van der Waals surface area (Å²) < 4.78 is 5.80. The molecule has 0 amide bonds. The SMILES string of the molecule is CN(C)c1cccc(Oc2cccnc2C(N)=S)c1. The fourth-order valence-corrected chi connectivity index (χ4v) is 1.76. The molecule has 0 spiro atoms. The number of thiocarbonyl (C=S) groups is 1. The predicted molar refractivity (Wildman–Crippen MR) is 81.0 cm³/mol. The molecule has 0 atom stereocenters. The van der Waals surface area contributed by atoms with E-state index in [1.165, 1.54) is 0 Å². The Kier molecular flexibility index (Phi) is 3.97. The first-order chi connectivity index (χ1) is 9.08. The lowest BCUT2D eigenvalue weighted by molar-refractivity contribution is 0.479. The first kappa shape index (κ1) is 13.3. The molecule has 2 aromatic rings. The monoisotopic (exact) mass is 273 g/mol. The molecule has 0 bridgehead atoms. The number of pyridine rings is 1. The first-order valence-electron chi connectivity index (χ1n) is 5.78. The van der Waals surface area contributed by atoms with Crippen LogP contribution in [0.4, 0.5) is 5.69 Å². The molecule has 1 heterocycles. The van der Waals surface area contributed by atoms with E-state index in [-0.39, 0.29) is 4.99 Å². The average Bonchev–Trinajstić information content (AvgIpc) is 2.39. The fourth-order valence-electron chi connectivity index (χ4n) is 1.61. The molecule has 0 saturated heterocycles. The van der Waals surface area contributed by atoms with Crippen LogP contribution in [0.1, 0.15) is 5.69 Å². The minimum absolute atomic E-state index is 0.222. The second-order valence-electron chi connectivity index (χ2n) is 4.21. The number of aromatic nitrogens is 1. The summed E-state index contributed by atoms with van der Waals surface area (Å²) in [5.74, 6) is 1.28.